The molecule has 2 aliphatic rings. The average Bonchev–Trinajstić information content (AvgIpc) is 2.64. The van der Waals surface area contributed by atoms with Gasteiger partial charge in [-0.3, -0.25) is 9.69 Å². The van der Waals surface area contributed by atoms with Gasteiger partial charge >= 0.3 is 0 Å². The van der Waals surface area contributed by atoms with Gasteiger partial charge in [-0.25, -0.2) is 0 Å². The number of carbonyl (C=O) groups excluding carboxylic acids is 1. The quantitative estimate of drug-likeness (QED) is 0.882. The number of para-hydroxylation sites is 1. The SMILES string of the molecule is COc1ccccc1CN1[C@H](CO)[C@@H](c2ccccc2)C12CN(C(C)=O)C2. The van der Waals surface area contributed by atoms with E-state index in [4.69, 9.17) is 4.74 Å². The summed E-state index contributed by atoms with van der Waals surface area (Å²) in [6.45, 7) is 3.82. The Morgan fingerprint density at radius 3 is 2.44 bits per heavy atom. The third-order valence-corrected chi connectivity index (χ3v) is 6.19. The van der Waals surface area contributed by atoms with Crippen molar-refractivity contribution in [2.75, 3.05) is 26.8 Å². The number of hydrogen-bond donors (Lipinski definition) is 1. The molecule has 27 heavy (non-hydrogen) atoms. The van der Waals surface area contributed by atoms with E-state index < -0.39 is 0 Å². The van der Waals surface area contributed by atoms with Gasteiger partial charge in [-0.1, -0.05) is 48.5 Å². The number of aliphatic hydroxyl groups is 1. The average molecular weight is 366 g/mol. The van der Waals surface area contributed by atoms with Gasteiger partial charge in [-0.05, 0) is 11.6 Å². The van der Waals surface area contributed by atoms with E-state index in [0.717, 1.165) is 11.3 Å². The lowest BCUT2D eigenvalue weighted by molar-refractivity contribution is -0.199. The van der Waals surface area contributed by atoms with E-state index in [-0.39, 0.29) is 30.0 Å². The first-order chi connectivity index (χ1) is 13.1. The molecule has 142 valence electrons. The Kier molecular flexibility index (Phi) is 4.66. The summed E-state index contributed by atoms with van der Waals surface area (Å²) in [5.41, 5.74) is 2.21. The Morgan fingerprint density at radius 2 is 1.81 bits per heavy atom. The summed E-state index contributed by atoms with van der Waals surface area (Å²) in [6.07, 6.45) is 0. The van der Waals surface area contributed by atoms with Crippen molar-refractivity contribution in [3.63, 3.8) is 0 Å². The van der Waals surface area contributed by atoms with Gasteiger partial charge in [0.2, 0.25) is 5.91 Å². The molecule has 0 radical (unpaired) electrons. The molecule has 2 atom stereocenters. The summed E-state index contributed by atoms with van der Waals surface area (Å²) in [5, 5.41) is 10.2. The van der Waals surface area contributed by atoms with Crippen molar-refractivity contribution in [1.82, 2.24) is 9.80 Å². The molecule has 0 saturated carbocycles. The molecule has 2 aromatic carbocycles. The van der Waals surface area contributed by atoms with Gasteiger partial charge in [0.25, 0.3) is 0 Å². The van der Waals surface area contributed by atoms with Crippen LogP contribution in [0.4, 0.5) is 0 Å². The van der Waals surface area contributed by atoms with E-state index in [1.165, 1.54) is 5.56 Å². The lowest BCUT2D eigenvalue weighted by Crippen LogP contribution is -2.84. The molecule has 0 unspecified atom stereocenters. The van der Waals surface area contributed by atoms with Crippen LogP contribution in [0.25, 0.3) is 0 Å². The summed E-state index contributed by atoms with van der Waals surface area (Å²) in [5.74, 6) is 1.18. The van der Waals surface area contributed by atoms with Crippen molar-refractivity contribution in [1.29, 1.82) is 0 Å². The van der Waals surface area contributed by atoms with Crippen LogP contribution in [-0.4, -0.2) is 59.2 Å². The molecule has 2 heterocycles. The Morgan fingerprint density at radius 1 is 1.15 bits per heavy atom. The molecule has 5 nitrogen and oxygen atoms in total. The van der Waals surface area contributed by atoms with Crippen molar-refractivity contribution >= 4 is 5.91 Å². The zero-order valence-corrected chi connectivity index (χ0v) is 15.8. The number of rotatable bonds is 5. The normalized spacial score (nSPS) is 23.6. The second kappa shape index (κ2) is 6.98. The monoisotopic (exact) mass is 366 g/mol. The van der Waals surface area contributed by atoms with E-state index >= 15 is 0 Å². The highest BCUT2D eigenvalue weighted by Gasteiger charge is 2.65. The molecular weight excluding hydrogens is 340 g/mol. The van der Waals surface area contributed by atoms with Crippen molar-refractivity contribution in [2.45, 2.75) is 31.0 Å². The molecule has 1 N–H and O–H groups in total. The number of ether oxygens (including phenoxy) is 1. The first-order valence-corrected chi connectivity index (χ1v) is 9.40. The Bertz CT molecular complexity index is 817. The van der Waals surface area contributed by atoms with Crippen LogP contribution in [0, 0.1) is 0 Å². The van der Waals surface area contributed by atoms with Gasteiger partial charge in [0.1, 0.15) is 5.75 Å². The second-order valence-electron chi connectivity index (χ2n) is 7.56. The van der Waals surface area contributed by atoms with Gasteiger partial charge in [0, 0.05) is 44.1 Å². The second-order valence-corrected chi connectivity index (χ2v) is 7.56. The van der Waals surface area contributed by atoms with E-state index in [1.807, 2.05) is 41.3 Å². The fourth-order valence-corrected chi connectivity index (χ4v) is 4.87. The van der Waals surface area contributed by atoms with E-state index in [9.17, 15) is 9.90 Å². The summed E-state index contributed by atoms with van der Waals surface area (Å²) < 4.78 is 5.52. The standard InChI is InChI=1S/C22H26N2O3/c1-16(26)23-14-22(15-23)21(17-8-4-3-5-9-17)19(13-25)24(22)12-18-10-6-7-11-20(18)27-2/h3-11,19,21,25H,12-15H2,1-2H3/t19-,21-/m1/s1. The fourth-order valence-electron chi connectivity index (χ4n) is 4.87. The van der Waals surface area contributed by atoms with Gasteiger partial charge in [0.05, 0.1) is 19.3 Å². The van der Waals surface area contributed by atoms with Crippen LogP contribution in [0.1, 0.15) is 24.0 Å². The lowest BCUT2D eigenvalue weighted by atomic mass is 9.60. The number of likely N-dealkylation sites (tertiary alicyclic amines) is 2. The Balaban J connectivity index is 1.66. The highest BCUT2D eigenvalue weighted by molar-refractivity contribution is 5.75. The van der Waals surface area contributed by atoms with Crippen LogP contribution in [0.3, 0.4) is 0 Å². The zero-order valence-electron chi connectivity index (χ0n) is 15.8. The molecule has 2 fully saturated rings. The van der Waals surface area contributed by atoms with Crippen LogP contribution in [-0.2, 0) is 11.3 Å². The minimum atomic E-state index is -0.124. The number of methoxy groups -OCH3 is 1. The minimum absolute atomic E-state index is 0.0337. The molecule has 2 aliphatic heterocycles. The molecule has 4 rings (SSSR count). The van der Waals surface area contributed by atoms with Crippen molar-refractivity contribution in [3.8, 4) is 5.75 Å². The number of aliphatic hydroxyl groups excluding tert-OH is 1. The van der Waals surface area contributed by atoms with E-state index in [0.29, 0.717) is 19.6 Å². The predicted molar refractivity (Wildman–Crippen MR) is 104 cm³/mol. The number of amides is 1. The molecule has 0 aliphatic carbocycles. The summed E-state index contributed by atoms with van der Waals surface area (Å²) in [6, 6.07) is 18.4. The van der Waals surface area contributed by atoms with Crippen molar-refractivity contribution < 1.29 is 14.6 Å². The van der Waals surface area contributed by atoms with Crippen LogP contribution >= 0.6 is 0 Å². The molecule has 0 aromatic heterocycles. The van der Waals surface area contributed by atoms with E-state index in [2.05, 4.69) is 23.1 Å². The fraction of sp³-hybridized carbons (Fsp3) is 0.409. The Labute approximate surface area is 160 Å². The molecule has 0 bridgehead atoms. The van der Waals surface area contributed by atoms with Gasteiger partial charge in [-0.2, -0.15) is 0 Å². The van der Waals surface area contributed by atoms with E-state index in [1.54, 1.807) is 14.0 Å². The first-order valence-electron chi connectivity index (χ1n) is 9.40. The molecule has 2 saturated heterocycles. The number of benzene rings is 2. The first kappa shape index (κ1) is 18.0. The molecule has 1 amide bonds. The summed E-state index contributed by atoms with van der Waals surface area (Å²) >= 11 is 0. The van der Waals surface area contributed by atoms with Crippen LogP contribution in [0.5, 0.6) is 5.75 Å². The Hall–Kier alpha value is -2.37. The molecular formula is C22H26N2O3. The highest BCUT2D eigenvalue weighted by Crippen LogP contribution is 2.54. The topological polar surface area (TPSA) is 53.0 Å². The minimum Gasteiger partial charge on any atom is -0.496 e. The van der Waals surface area contributed by atoms with Gasteiger partial charge < -0.3 is 14.7 Å². The maximum Gasteiger partial charge on any atom is 0.219 e. The maximum atomic E-state index is 11.9. The van der Waals surface area contributed by atoms with Crippen LogP contribution in [0.15, 0.2) is 54.6 Å². The van der Waals surface area contributed by atoms with Crippen molar-refractivity contribution in [2.24, 2.45) is 0 Å². The maximum absolute atomic E-state index is 11.9. The predicted octanol–water partition coefficient (Wildman–Crippen LogP) is 2.26. The number of hydrogen-bond acceptors (Lipinski definition) is 4. The molecule has 1 spiro atoms. The number of nitrogens with zero attached hydrogens (tertiary/aromatic N) is 2. The van der Waals surface area contributed by atoms with Gasteiger partial charge in [0.15, 0.2) is 0 Å². The summed E-state index contributed by atoms with van der Waals surface area (Å²) in [7, 11) is 1.68. The molecule has 5 heteroatoms. The van der Waals surface area contributed by atoms with Crippen LogP contribution in [0.2, 0.25) is 0 Å². The van der Waals surface area contributed by atoms with Crippen molar-refractivity contribution in [3.05, 3.63) is 65.7 Å². The lowest BCUT2D eigenvalue weighted by Gasteiger charge is -2.70. The van der Waals surface area contributed by atoms with Crippen LogP contribution < -0.4 is 4.74 Å². The smallest absolute Gasteiger partial charge is 0.219 e. The molecule has 2 aromatic rings. The summed E-state index contributed by atoms with van der Waals surface area (Å²) in [4.78, 5) is 16.1. The highest BCUT2D eigenvalue weighted by atomic mass is 16.5. The zero-order chi connectivity index (χ0) is 19.0. The number of carbonyl (C=O) groups is 1. The third-order valence-electron chi connectivity index (χ3n) is 6.19. The van der Waals surface area contributed by atoms with Gasteiger partial charge in [-0.15, -0.1) is 0 Å². The third kappa shape index (κ3) is 2.82. The largest absolute Gasteiger partial charge is 0.496 e.